The summed E-state index contributed by atoms with van der Waals surface area (Å²) in [5.41, 5.74) is 0. The largest absolute Gasteiger partial charge is 0.332 e. The number of aryl methyl sites for hydroxylation is 1. The molecule has 2 nitrogen and oxygen atoms in total. The van der Waals surface area contributed by atoms with E-state index in [-0.39, 0.29) is 5.91 Å². The Balaban J connectivity index is 2.29. The van der Waals surface area contributed by atoms with Gasteiger partial charge in [0.25, 0.3) is 0 Å². The lowest BCUT2D eigenvalue weighted by Gasteiger charge is -2.19. The third kappa shape index (κ3) is 5.06. The number of hydrogen-bond acceptors (Lipinski definition) is 2. The minimum Gasteiger partial charge on any atom is -0.332 e. The molecule has 0 fully saturated rings. The van der Waals surface area contributed by atoms with Crippen LogP contribution in [0.1, 0.15) is 31.1 Å². The number of nitrogens with zero attached hydrogens (tertiary/aromatic N) is 1. The van der Waals surface area contributed by atoms with E-state index >= 15 is 0 Å². The van der Waals surface area contributed by atoms with Gasteiger partial charge in [-0.05, 0) is 30.7 Å². The van der Waals surface area contributed by atoms with Crippen molar-refractivity contribution in [3.63, 3.8) is 0 Å². The molecule has 0 spiro atoms. The van der Waals surface area contributed by atoms with Crippen LogP contribution in [0, 0.1) is 12.3 Å². The number of carbonyl (C=O) groups excluding carboxylic acids is 1. The summed E-state index contributed by atoms with van der Waals surface area (Å²) in [7, 11) is 0. The third-order valence-electron chi connectivity index (χ3n) is 2.52. The minimum absolute atomic E-state index is 0.182. The molecule has 0 bridgehead atoms. The molecule has 0 aliphatic carbocycles. The molecule has 0 aliphatic heterocycles. The maximum atomic E-state index is 11.9. The van der Waals surface area contributed by atoms with Crippen LogP contribution in [0.5, 0.6) is 0 Å². The first-order chi connectivity index (χ1) is 8.27. The first-order valence-electron chi connectivity index (χ1n) is 6.01. The molecule has 17 heavy (non-hydrogen) atoms. The van der Waals surface area contributed by atoms with Gasteiger partial charge in [0.15, 0.2) is 0 Å². The first kappa shape index (κ1) is 13.8. The zero-order valence-electron chi connectivity index (χ0n) is 10.3. The van der Waals surface area contributed by atoms with Crippen molar-refractivity contribution in [1.82, 2.24) is 4.90 Å². The quantitative estimate of drug-likeness (QED) is 0.680. The van der Waals surface area contributed by atoms with Crippen LogP contribution in [0.25, 0.3) is 0 Å². The maximum absolute atomic E-state index is 11.9. The normalized spacial score (nSPS) is 9.88. The Hall–Kier alpha value is -1.27. The number of thiophene rings is 1. The fourth-order valence-electron chi connectivity index (χ4n) is 1.70. The Morgan fingerprint density at radius 1 is 1.59 bits per heavy atom. The second-order valence-electron chi connectivity index (χ2n) is 3.95. The molecule has 92 valence electrons. The van der Waals surface area contributed by atoms with Crippen molar-refractivity contribution in [1.29, 1.82) is 0 Å². The SMILES string of the molecule is C#CCN(CCC)C(=O)CCCc1cccs1. The van der Waals surface area contributed by atoms with Crippen LogP contribution in [0.4, 0.5) is 0 Å². The van der Waals surface area contributed by atoms with Crippen molar-refractivity contribution in [3.05, 3.63) is 22.4 Å². The Bertz CT molecular complexity index is 364. The van der Waals surface area contributed by atoms with Crippen LogP contribution in [-0.2, 0) is 11.2 Å². The third-order valence-corrected chi connectivity index (χ3v) is 3.46. The molecule has 1 rings (SSSR count). The summed E-state index contributed by atoms with van der Waals surface area (Å²) in [6, 6.07) is 4.16. The summed E-state index contributed by atoms with van der Waals surface area (Å²) in [4.78, 5) is 15.0. The van der Waals surface area contributed by atoms with Crippen molar-refractivity contribution in [2.45, 2.75) is 32.6 Å². The molecular formula is C14H19NOS. The Morgan fingerprint density at radius 2 is 2.41 bits per heavy atom. The highest BCUT2D eigenvalue weighted by Crippen LogP contribution is 2.12. The fraction of sp³-hybridized carbons (Fsp3) is 0.500. The standard InChI is InChI=1S/C14H19NOS/c1-3-10-15(11-4-2)14(16)9-5-7-13-8-6-12-17-13/h1,6,8,12H,4-5,7,9-11H2,2H3. The van der Waals surface area contributed by atoms with Gasteiger partial charge in [0.05, 0.1) is 6.54 Å². The van der Waals surface area contributed by atoms with E-state index in [9.17, 15) is 4.79 Å². The highest BCUT2D eigenvalue weighted by atomic mass is 32.1. The smallest absolute Gasteiger partial charge is 0.223 e. The number of hydrogen-bond donors (Lipinski definition) is 0. The average Bonchev–Trinajstić information content (AvgIpc) is 2.81. The van der Waals surface area contributed by atoms with Gasteiger partial charge in [0, 0.05) is 17.8 Å². The van der Waals surface area contributed by atoms with Gasteiger partial charge in [-0.1, -0.05) is 18.9 Å². The molecule has 0 atom stereocenters. The monoisotopic (exact) mass is 249 g/mol. The van der Waals surface area contributed by atoms with E-state index < -0.39 is 0 Å². The van der Waals surface area contributed by atoms with Gasteiger partial charge < -0.3 is 4.90 Å². The van der Waals surface area contributed by atoms with Gasteiger partial charge in [-0.25, -0.2) is 0 Å². The van der Waals surface area contributed by atoms with Crippen molar-refractivity contribution in [2.75, 3.05) is 13.1 Å². The summed E-state index contributed by atoms with van der Waals surface area (Å²) in [6.45, 7) is 3.26. The Morgan fingerprint density at radius 3 is 3.00 bits per heavy atom. The predicted octanol–water partition coefficient (Wildman–Crippen LogP) is 2.94. The van der Waals surface area contributed by atoms with Crippen LogP contribution >= 0.6 is 11.3 Å². The topological polar surface area (TPSA) is 20.3 Å². The fourth-order valence-corrected chi connectivity index (χ4v) is 2.45. The maximum Gasteiger partial charge on any atom is 0.223 e. The molecule has 1 aromatic heterocycles. The summed E-state index contributed by atoms with van der Waals surface area (Å²) < 4.78 is 0. The van der Waals surface area contributed by atoms with E-state index in [2.05, 4.69) is 24.3 Å². The second-order valence-corrected chi connectivity index (χ2v) is 4.98. The zero-order valence-corrected chi connectivity index (χ0v) is 11.1. The molecular weight excluding hydrogens is 230 g/mol. The number of carbonyl (C=O) groups is 1. The lowest BCUT2D eigenvalue weighted by atomic mass is 10.2. The van der Waals surface area contributed by atoms with Crippen molar-refractivity contribution >= 4 is 17.2 Å². The number of rotatable bonds is 7. The van der Waals surface area contributed by atoms with Crippen LogP contribution < -0.4 is 0 Å². The summed E-state index contributed by atoms with van der Waals surface area (Å²) in [5.74, 6) is 2.73. The highest BCUT2D eigenvalue weighted by molar-refractivity contribution is 7.09. The minimum atomic E-state index is 0.182. The summed E-state index contributed by atoms with van der Waals surface area (Å²) >= 11 is 1.75. The number of terminal acetylenes is 1. The molecule has 0 unspecified atom stereocenters. The van der Waals surface area contributed by atoms with Crippen LogP contribution in [-0.4, -0.2) is 23.9 Å². The highest BCUT2D eigenvalue weighted by Gasteiger charge is 2.10. The first-order valence-corrected chi connectivity index (χ1v) is 6.89. The van der Waals surface area contributed by atoms with Crippen molar-refractivity contribution < 1.29 is 4.79 Å². The van der Waals surface area contributed by atoms with Crippen molar-refractivity contribution in [2.24, 2.45) is 0 Å². The predicted molar refractivity (Wildman–Crippen MR) is 73.0 cm³/mol. The molecule has 0 saturated carbocycles. The molecule has 1 heterocycles. The lowest BCUT2D eigenvalue weighted by molar-refractivity contribution is -0.130. The van der Waals surface area contributed by atoms with E-state index in [0.717, 1.165) is 25.8 Å². The second kappa shape index (κ2) is 7.92. The molecule has 0 aliphatic rings. The summed E-state index contributed by atoms with van der Waals surface area (Å²) in [6.07, 6.45) is 8.71. The van der Waals surface area contributed by atoms with E-state index in [4.69, 9.17) is 6.42 Å². The lowest BCUT2D eigenvalue weighted by Crippen LogP contribution is -2.31. The van der Waals surface area contributed by atoms with Crippen LogP contribution in [0.3, 0.4) is 0 Å². The van der Waals surface area contributed by atoms with Gasteiger partial charge in [-0.3, -0.25) is 4.79 Å². The van der Waals surface area contributed by atoms with E-state index in [1.165, 1.54) is 4.88 Å². The average molecular weight is 249 g/mol. The van der Waals surface area contributed by atoms with E-state index in [1.807, 2.05) is 6.07 Å². The van der Waals surface area contributed by atoms with Crippen LogP contribution in [0.2, 0.25) is 0 Å². The van der Waals surface area contributed by atoms with Crippen molar-refractivity contribution in [3.8, 4) is 12.3 Å². The van der Waals surface area contributed by atoms with E-state index in [1.54, 1.807) is 16.2 Å². The Labute approximate surface area is 108 Å². The van der Waals surface area contributed by atoms with Gasteiger partial charge in [-0.2, -0.15) is 0 Å². The molecule has 0 radical (unpaired) electrons. The molecule has 1 amide bonds. The molecule has 0 aromatic carbocycles. The van der Waals surface area contributed by atoms with Gasteiger partial charge in [0.1, 0.15) is 0 Å². The van der Waals surface area contributed by atoms with Gasteiger partial charge >= 0.3 is 0 Å². The molecule has 1 aromatic rings. The number of amides is 1. The summed E-state index contributed by atoms with van der Waals surface area (Å²) in [5, 5.41) is 2.07. The van der Waals surface area contributed by atoms with Crippen LogP contribution in [0.15, 0.2) is 17.5 Å². The molecule has 3 heteroatoms. The van der Waals surface area contributed by atoms with Gasteiger partial charge in [0.2, 0.25) is 5.91 Å². The molecule has 0 N–H and O–H groups in total. The zero-order chi connectivity index (χ0) is 12.5. The molecule has 0 saturated heterocycles. The van der Waals surface area contributed by atoms with Gasteiger partial charge in [-0.15, -0.1) is 17.8 Å². The van der Waals surface area contributed by atoms with E-state index in [0.29, 0.717) is 13.0 Å². The Kier molecular flexibility index (Phi) is 6.42.